The zero-order chi connectivity index (χ0) is 13.8. The van der Waals surface area contributed by atoms with Crippen molar-refractivity contribution in [3.63, 3.8) is 0 Å². The lowest BCUT2D eigenvalue weighted by molar-refractivity contribution is 0.798. The second-order valence-corrected chi connectivity index (χ2v) is 7.72. The van der Waals surface area contributed by atoms with Crippen molar-refractivity contribution in [2.45, 2.75) is 12.6 Å². The summed E-state index contributed by atoms with van der Waals surface area (Å²) in [5, 5.41) is 2.94. The molecule has 0 aromatic heterocycles. The molecule has 1 atom stereocenters. The van der Waals surface area contributed by atoms with Crippen molar-refractivity contribution in [1.29, 1.82) is 0 Å². The molecule has 0 amide bonds. The summed E-state index contributed by atoms with van der Waals surface area (Å²) in [6.07, 6.45) is 8.99. The third-order valence-electron chi connectivity index (χ3n) is 3.81. The molecule has 0 radical (unpaired) electrons. The minimum Gasteiger partial charge on any atom is -0.0770 e. The lowest BCUT2D eigenvalue weighted by Gasteiger charge is -2.28. The highest BCUT2D eigenvalue weighted by atomic mass is 31.1. The number of allylic oxidation sites excluding steroid dienone is 4. The monoisotopic (exact) mass is 278 g/mol. The summed E-state index contributed by atoms with van der Waals surface area (Å²) in [7, 11) is -0.326. The molecule has 20 heavy (non-hydrogen) atoms. The first-order chi connectivity index (χ1) is 9.86. The standard InChI is InChI=1S/C19H19P/c1-16(17-10-8-9-11-17)20(18-12-4-2-5-13-18)19-14-6-3-7-15-19/h2-17H,1H3. The molecule has 0 heterocycles. The number of hydrogen-bond donors (Lipinski definition) is 0. The van der Waals surface area contributed by atoms with Crippen LogP contribution in [0.15, 0.2) is 85.0 Å². The van der Waals surface area contributed by atoms with Crippen LogP contribution in [-0.4, -0.2) is 5.66 Å². The molecule has 0 saturated carbocycles. The highest BCUT2D eigenvalue weighted by Crippen LogP contribution is 2.44. The van der Waals surface area contributed by atoms with Crippen molar-refractivity contribution in [2.75, 3.05) is 0 Å². The average molecular weight is 278 g/mol. The summed E-state index contributed by atoms with van der Waals surface area (Å²) in [5.41, 5.74) is 0.616. The van der Waals surface area contributed by atoms with Crippen molar-refractivity contribution in [3.05, 3.63) is 85.0 Å². The summed E-state index contributed by atoms with van der Waals surface area (Å²) in [6, 6.07) is 21.9. The Kier molecular flexibility index (Phi) is 4.14. The molecule has 2 aromatic rings. The van der Waals surface area contributed by atoms with Crippen molar-refractivity contribution in [2.24, 2.45) is 5.92 Å². The smallest absolute Gasteiger partial charge is 0.00237 e. The quantitative estimate of drug-likeness (QED) is 0.733. The van der Waals surface area contributed by atoms with E-state index in [1.165, 1.54) is 10.6 Å². The first-order valence-corrected chi connectivity index (χ1v) is 8.51. The third kappa shape index (κ3) is 2.76. The van der Waals surface area contributed by atoms with Crippen LogP contribution < -0.4 is 10.6 Å². The maximum atomic E-state index is 2.39. The molecular weight excluding hydrogens is 259 g/mol. The molecule has 0 aliphatic heterocycles. The first-order valence-electron chi connectivity index (χ1n) is 7.10. The normalized spacial score (nSPS) is 15.9. The van der Waals surface area contributed by atoms with E-state index in [0.717, 1.165) is 0 Å². The molecule has 0 fully saturated rings. The summed E-state index contributed by atoms with van der Waals surface area (Å²) in [5.74, 6) is 0.557. The second kappa shape index (κ2) is 6.20. The van der Waals surface area contributed by atoms with Crippen LogP contribution in [0, 0.1) is 5.92 Å². The van der Waals surface area contributed by atoms with Gasteiger partial charge in [-0.05, 0) is 24.2 Å². The van der Waals surface area contributed by atoms with E-state index >= 15 is 0 Å². The molecule has 1 unspecified atom stereocenters. The molecule has 2 aromatic carbocycles. The van der Waals surface area contributed by atoms with E-state index in [1.807, 2.05) is 0 Å². The van der Waals surface area contributed by atoms with Crippen LogP contribution in [-0.2, 0) is 0 Å². The van der Waals surface area contributed by atoms with Gasteiger partial charge >= 0.3 is 0 Å². The van der Waals surface area contributed by atoms with E-state index in [1.54, 1.807) is 0 Å². The van der Waals surface area contributed by atoms with Gasteiger partial charge < -0.3 is 0 Å². The van der Waals surface area contributed by atoms with Crippen molar-refractivity contribution >= 4 is 18.5 Å². The van der Waals surface area contributed by atoms with Crippen molar-refractivity contribution in [1.82, 2.24) is 0 Å². The molecule has 0 bridgehead atoms. The van der Waals surface area contributed by atoms with Gasteiger partial charge in [0.2, 0.25) is 0 Å². The Morgan fingerprint density at radius 1 is 0.750 bits per heavy atom. The maximum Gasteiger partial charge on any atom is 0.00237 e. The van der Waals surface area contributed by atoms with Gasteiger partial charge in [0.1, 0.15) is 0 Å². The first kappa shape index (κ1) is 13.3. The van der Waals surface area contributed by atoms with E-state index in [0.29, 0.717) is 11.6 Å². The van der Waals surface area contributed by atoms with Crippen LogP contribution in [0.1, 0.15) is 6.92 Å². The maximum absolute atomic E-state index is 2.39. The minimum absolute atomic E-state index is 0.326. The van der Waals surface area contributed by atoms with Crippen LogP contribution >= 0.6 is 7.92 Å². The Morgan fingerprint density at radius 3 is 1.65 bits per heavy atom. The van der Waals surface area contributed by atoms with Crippen molar-refractivity contribution < 1.29 is 0 Å². The van der Waals surface area contributed by atoms with Gasteiger partial charge in [-0.1, -0.05) is 91.9 Å². The van der Waals surface area contributed by atoms with Gasteiger partial charge in [-0.3, -0.25) is 0 Å². The third-order valence-corrected chi connectivity index (χ3v) is 6.68. The molecular formula is C19H19P. The summed E-state index contributed by atoms with van der Waals surface area (Å²) in [4.78, 5) is 0. The van der Waals surface area contributed by atoms with E-state index < -0.39 is 0 Å². The fourth-order valence-corrected chi connectivity index (χ4v) is 5.51. The Bertz CT molecular complexity index is 547. The van der Waals surface area contributed by atoms with Crippen LogP contribution in [0.5, 0.6) is 0 Å². The van der Waals surface area contributed by atoms with Gasteiger partial charge in [-0.15, -0.1) is 0 Å². The Morgan fingerprint density at radius 2 is 1.20 bits per heavy atom. The van der Waals surface area contributed by atoms with Crippen molar-refractivity contribution in [3.8, 4) is 0 Å². The molecule has 0 N–H and O–H groups in total. The summed E-state index contributed by atoms with van der Waals surface area (Å²) in [6.45, 7) is 2.39. The van der Waals surface area contributed by atoms with Crippen LogP contribution in [0.3, 0.4) is 0 Å². The molecule has 0 spiro atoms. The van der Waals surface area contributed by atoms with E-state index in [2.05, 4.69) is 91.9 Å². The molecule has 0 saturated heterocycles. The lowest BCUT2D eigenvalue weighted by Crippen LogP contribution is -2.23. The minimum atomic E-state index is -0.326. The Balaban J connectivity index is 2.00. The SMILES string of the molecule is CC(C1C=CC=C1)P(c1ccccc1)c1ccccc1. The molecule has 3 rings (SSSR count). The fourth-order valence-electron chi connectivity index (χ4n) is 2.74. The summed E-state index contributed by atoms with van der Waals surface area (Å²) < 4.78 is 0. The van der Waals surface area contributed by atoms with Gasteiger partial charge in [0.25, 0.3) is 0 Å². The predicted molar refractivity (Wildman–Crippen MR) is 90.3 cm³/mol. The molecule has 0 nitrogen and oxygen atoms in total. The highest BCUT2D eigenvalue weighted by Gasteiger charge is 2.25. The van der Waals surface area contributed by atoms with Crippen LogP contribution in [0.4, 0.5) is 0 Å². The Hall–Kier alpha value is -1.65. The molecule has 1 heteroatoms. The number of hydrogen-bond acceptors (Lipinski definition) is 0. The Labute approximate surface area is 122 Å². The summed E-state index contributed by atoms with van der Waals surface area (Å²) >= 11 is 0. The van der Waals surface area contributed by atoms with Gasteiger partial charge in [0, 0.05) is 5.92 Å². The molecule has 100 valence electrons. The van der Waals surface area contributed by atoms with Gasteiger partial charge in [-0.25, -0.2) is 0 Å². The van der Waals surface area contributed by atoms with Crippen LogP contribution in [0.2, 0.25) is 0 Å². The largest absolute Gasteiger partial charge is 0.0770 e. The lowest BCUT2D eigenvalue weighted by atomic mass is 10.1. The second-order valence-electron chi connectivity index (χ2n) is 5.13. The van der Waals surface area contributed by atoms with E-state index in [-0.39, 0.29) is 7.92 Å². The van der Waals surface area contributed by atoms with Gasteiger partial charge in [-0.2, -0.15) is 0 Å². The van der Waals surface area contributed by atoms with Crippen LogP contribution in [0.25, 0.3) is 0 Å². The average Bonchev–Trinajstić information content (AvgIpc) is 3.04. The topological polar surface area (TPSA) is 0 Å². The highest BCUT2D eigenvalue weighted by molar-refractivity contribution is 7.73. The number of benzene rings is 2. The number of rotatable bonds is 4. The van der Waals surface area contributed by atoms with E-state index in [4.69, 9.17) is 0 Å². The van der Waals surface area contributed by atoms with E-state index in [9.17, 15) is 0 Å². The molecule has 1 aliphatic rings. The zero-order valence-electron chi connectivity index (χ0n) is 11.7. The fraction of sp³-hybridized carbons (Fsp3) is 0.158. The zero-order valence-corrected chi connectivity index (χ0v) is 12.6. The predicted octanol–water partition coefficient (Wildman–Crippen LogP) is 4.25. The van der Waals surface area contributed by atoms with Gasteiger partial charge in [0.05, 0.1) is 0 Å². The molecule has 1 aliphatic carbocycles. The van der Waals surface area contributed by atoms with Gasteiger partial charge in [0.15, 0.2) is 0 Å².